The van der Waals surface area contributed by atoms with Crippen LogP contribution in [-0.2, 0) is 0 Å². The summed E-state index contributed by atoms with van der Waals surface area (Å²) in [6.45, 7) is 0.968. The van der Waals surface area contributed by atoms with E-state index in [1.807, 2.05) is 0 Å². The third-order valence-electron chi connectivity index (χ3n) is 4.77. The third kappa shape index (κ3) is 1.52. The van der Waals surface area contributed by atoms with E-state index in [4.69, 9.17) is 5.73 Å². The topological polar surface area (TPSA) is 41.6 Å². The lowest BCUT2D eigenvalue weighted by molar-refractivity contribution is 0.104. The molecule has 2 saturated carbocycles. The molecule has 0 unspecified atom stereocenters. The van der Waals surface area contributed by atoms with Gasteiger partial charge >= 0.3 is 0 Å². The molecular weight excluding hydrogens is 198 g/mol. The molecule has 2 aliphatic carbocycles. The van der Waals surface area contributed by atoms with E-state index >= 15 is 0 Å². The van der Waals surface area contributed by atoms with Crippen molar-refractivity contribution in [1.29, 1.82) is 0 Å². The van der Waals surface area contributed by atoms with Crippen molar-refractivity contribution in [1.82, 2.24) is 4.90 Å². The Morgan fingerprint density at radius 1 is 1.06 bits per heavy atom. The van der Waals surface area contributed by atoms with Gasteiger partial charge < -0.3 is 10.6 Å². The summed E-state index contributed by atoms with van der Waals surface area (Å²) < 4.78 is 0. The molecule has 0 saturated heterocycles. The zero-order chi connectivity index (χ0) is 11.0. The van der Waals surface area contributed by atoms with Gasteiger partial charge in [-0.3, -0.25) is 4.99 Å². The number of hydrogen-bond donors (Lipinski definition) is 1. The van der Waals surface area contributed by atoms with Crippen LogP contribution in [-0.4, -0.2) is 29.0 Å². The standard InChI is InChI=1S/C13H23N3/c14-12-15-10-13(8-4-1-5-9-13)16(12)11-6-2-3-7-11/h11H,1-10H2,(H2,14,15). The number of guanidine groups is 1. The van der Waals surface area contributed by atoms with E-state index in [9.17, 15) is 0 Å². The van der Waals surface area contributed by atoms with Gasteiger partial charge in [0.1, 0.15) is 0 Å². The fourth-order valence-electron chi connectivity index (χ4n) is 3.97. The van der Waals surface area contributed by atoms with Crippen molar-refractivity contribution >= 4 is 5.96 Å². The summed E-state index contributed by atoms with van der Waals surface area (Å²) in [5.41, 5.74) is 6.47. The van der Waals surface area contributed by atoms with Crippen molar-refractivity contribution in [2.75, 3.05) is 6.54 Å². The van der Waals surface area contributed by atoms with E-state index in [1.54, 1.807) is 0 Å². The monoisotopic (exact) mass is 221 g/mol. The van der Waals surface area contributed by atoms with Gasteiger partial charge in [-0.15, -0.1) is 0 Å². The maximum Gasteiger partial charge on any atom is 0.192 e. The molecular formula is C13H23N3. The molecule has 3 aliphatic rings. The van der Waals surface area contributed by atoms with Gasteiger partial charge in [0.2, 0.25) is 0 Å². The van der Waals surface area contributed by atoms with E-state index in [-0.39, 0.29) is 0 Å². The first kappa shape index (κ1) is 10.4. The lowest BCUT2D eigenvalue weighted by Gasteiger charge is -2.45. The summed E-state index contributed by atoms with van der Waals surface area (Å²) in [7, 11) is 0. The van der Waals surface area contributed by atoms with Gasteiger partial charge in [-0.1, -0.05) is 32.1 Å². The predicted octanol–water partition coefficient (Wildman–Crippen LogP) is 2.26. The van der Waals surface area contributed by atoms with Gasteiger partial charge in [0.15, 0.2) is 5.96 Å². The molecule has 3 rings (SSSR count). The van der Waals surface area contributed by atoms with E-state index in [2.05, 4.69) is 9.89 Å². The predicted molar refractivity (Wildman–Crippen MR) is 66.4 cm³/mol. The van der Waals surface area contributed by atoms with E-state index in [1.165, 1.54) is 57.8 Å². The molecule has 0 amide bonds. The van der Waals surface area contributed by atoms with Crippen LogP contribution in [0.5, 0.6) is 0 Å². The number of aliphatic imine (C=N–C) groups is 1. The third-order valence-corrected chi connectivity index (χ3v) is 4.77. The van der Waals surface area contributed by atoms with Crippen LogP contribution >= 0.6 is 0 Å². The molecule has 0 aromatic heterocycles. The first-order valence-corrected chi connectivity index (χ1v) is 6.91. The minimum atomic E-state index is 0.331. The van der Waals surface area contributed by atoms with Crippen molar-refractivity contribution in [3.63, 3.8) is 0 Å². The maximum atomic E-state index is 6.14. The zero-order valence-electron chi connectivity index (χ0n) is 10.1. The van der Waals surface area contributed by atoms with Crippen LogP contribution in [0.15, 0.2) is 4.99 Å². The maximum absolute atomic E-state index is 6.14. The minimum Gasteiger partial charge on any atom is -0.370 e. The first-order chi connectivity index (χ1) is 7.82. The number of hydrogen-bond acceptors (Lipinski definition) is 3. The van der Waals surface area contributed by atoms with Crippen LogP contribution in [0.3, 0.4) is 0 Å². The average Bonchev–Trinajstić information content (AvgIpc) is 2.90. The summed E-state index contributed by atoms with van der Waals surface area (Å²) in [5.74, 6) is 0.841. The fourth-order valence-corrected chi connectivity index (χ4v) is 3.97. The highest BCUT2D eigenvalue weighted by Gasteiger charge is 2.46. The molecule has 1 spiro atoms. The molecule has 16 heavy (non-hydrogen) atoms. The second kappa shape index (κ2) is 3.94. The van der Waals surface area contributed by atoms with Crippen LogP contribution in [0.1, 0.15) is 57.8 Å². The normalized spacial score (nSPS) is 30.0. The largest absolute Gasteiger partial charge is 0.370 e. The average molecular weight is 221 g/mol. The Bertz CT molecular complexity index is 286. The molecule has 0 aromatic rings. The van der Waals surface area contributed by atoms with Gasteiger partial charge in [-0.25, -0.2) is 0 Å². The Hall–Kier alpha value is -0.730. The van der Waals surface area contributed by atoms with Crippen molar-refractivity contribution in [3.05, 3.63) is 0 Å². The lowest BCUT2D eigenvalue weighted by Crippen LogP contribution is -2.56. The molecule has 1 heterocycles. The molecule has 1 aliphatic heterocycles. The molecule has 90 valence electrons. The summed E-state index contributed by atoms with van der Waals surface area (Å²) in [6.07, 6.45) is 12.2. The van der Waals surface area contributed by atoms with Gasteiger partial charge in [0.05, 0.1) is 12.1 Å². The zero-order valence-corrected chi connectivity index (χ0v) is 10.1. The second-order valence-corrected chi connectivity index (χ2v) is 5.77. The smallest absolute Gasteiger partial charge is 0.192 e. The molecule has 0 aromatic carbocycles. The van der Waals surface area contributed by atoms with Gasteiger partial charge in [0, 0.05) is 6.04 Å². The Labute approximate surface area is 98.1 Å². The molecule has 0 atom stereocenters. The summed E-state index contributed by atoms with van der Waals surface area (Å²) in [5, 5.41) is 0. The van der Waals surface area contributed by atoms with Crippen LogP contribution in [0.2, 0.25) is 0 Å². The van der Waals surface area contributed by atoms with Gasteiger partial charge in [0.25, 0.3) is 0 Å². The molecule has 2 fully saturated rings. The molecule has 3 nitrogen and oxygen atoms in total. The number of nitrogens with zero attached hydrogens (tertiary/aromatic N) is 2. The highest BCUT2D eigenvalue weighted by atomic mass is 15.4. The molecule has 3 heteroatoms. The van der Waals surface area contributed by atoms with Crippen molar-refractivity contribution < 1.29 is 0 Å². The second-order valence-electron chi connectivity index (χ2n) is 5.77. The van der Waals surface area contributed by atoms with Gasteiger partial charge in [-0.2, -0.15) is 0 Å². The van der Waals surface area contributed by atoms with Crippen molar-refractivity contribution in [2.45, 2.75) is 69.4 Å². The van der Waals surface area contributed by atoms with Crippen LogP contribution in [0, 0.1) is 0 Å². The number of rotatable bonds is 1. The summed E-state index contributed by atoms with van der Waals surface area (Å²) in [6, 6.07) is 0.698. The van der Waals surface area contributed by atoms with E-state index in [0.717, 1.165) is 12.5 Å². The van der Waals surface area contributed by atoms with Crippen molar-refractivity contribution in [3.8, 4) is 0 Å². The summed E-state index contributed by atoms with van der Waals surface area (Å²) >= 11 is 0. The highest BCUT2D eigenvalue weighted by Crippen LogP contribution is 2.41. The minimum absolute atomic E-state index is 0.331. The van der Waals surface area contributed by atoms with Gasteiger partial charge in [-0.05, 0) is 25.7 Å². The lowest BCUT2D eigenvalue weighted by atomic mass is 9.80. The Balaban J connectivity index is 1.82. The highest BCUT2D eigenvalue weighted by molar-refractivity contribution is 5.81. The summed E-state index contributed by atoms with van der Waals surface area (Å²) in [4.78, 5) is 7.09. The van der Waals surface area contributed by atoms with E-state index < -0.39 is 0 Å². The SMILES string of the molecule is NC1=NCC2(CCCCC2)N1C1CCCC1. The fraction of sp³-hybridized carbons (Fsp3) is 0.923. The van der Waals surface area contributed by atoms with Crippen LogP contribution in [0.25, 0.3) is 0 Å². The Kier molecular flexibility index (Phi) is 2.56. The quantitative estimate of drug-likeness (QED) is 0.738. The van der Waals surface area contributed by atoms with Crippen molar-refractivity contribution in [2.24, 2.45) is 10.7 Å². The van der Waals surface area contributed by atoms with Crippen LogP contribution in [0.4, 0.5) is 0 Å². The molecule has 0 radical (unpaired) electrons. The van der Waals surface area contributed by atoms with E-state index in [0.29, 0.717) is 11.6 Å². The molecule has 0 bridgehead atoms. The number of nitrogens with two attached hydrogens (primary N) is 1. The van der Waals surface area contributed by atoms with Crippen LogP contribution < -0.4 is 5.73 Å². The first-order valence-electron chi connectivity index (χ1n) is 6.91. The molecule has 2 N–H and O–H groups in total. The Morgan fingerprint density at radius 3 is 2.44 bits per heavy atom. The Morgan fingerprint density at radius 2 is 1.75 bits per heavy atom.